The normalized spacial score (nSPS) is 15.8. The van der Waals surface area contributed by atoms with Crippen LogP contribution in [0.3, 0.4) is 0 Å². The van der Waals surface area contributed by atoms with Crippen LogP contribution in [-0.4, -0.2) is 24.9 Å². The van der Waals surface area contributed by atoms with Crippen LogP contribution < -0.4 is 0 Å². The van der Waals surface area contributed by atoms with Gasteiger partial charge in [-0.2, -0.15) is 12.8 Å². The summed E-state index contributed by atoms with van der Waals surface area (Å²) >= 11 is 2.71. The third kappa shape index (κ3) is 4.16. The third-order valence-corrected chi connectivity index (χ3v) is 8.28. The number of ketones is 1. The zero-order valence-corrected chi connectivity index (χ0v) is 19.0. The van der Waals surface area contributed by atoms with Crippen LogP contribution in [0.25, 0.3) is 10.2 Å². The van der Waals surface area contributed by atoms with Gasteiger partial charge < -0.3 is 0 Å². The van der Waals surface area contributed by atoms with Crippen molar-refractivity contribution in [2.75, 3.05) is 0 Å². The largest absolute Gasteiger partial charge is 0.289 e. The van der Waals surface area contributed by atoms with Crippen molar-refractivity contribution >= 4 is 54.8 Å². The zero-order chi connectivity index (χ0) is 21.5. The lowest BCUT2D eigenvalue weighted by atomic mass is 10.1. The first-order valence-corrected chi connectivity index (χ1v) is 12.2. The SMILES string of the molecule is Cc1cc(C)c(S(=O)(=O)/N=C2\C=CC(=O)C(Sc3nc4ccccc4s3)=C2)cc1C. The molecule has 4 rings (SSSR count). The smallest absolute Gasteiger partial charge is 0.283 e. The number of thiazole rings is 1. The third-order valence-electron chi connectivity index (χ3n) is 4.69. The van der Waals surface area contributed by atoms with E-state index < -0.39 is 10.0 Å². The number of benzene rings is 2. The number of hydrogen-bond donors (Lipinski definition) is 0. The molecule has 0 unspecified atom stereocenters. The van der Waals surface area contributed by atoms with Crippen LogP contribution in [0, 0.1) is 20.8 Å². The van der Waals surface area contributed by atoms with Gasteiger partial charge in [0.2, 0.25) is 0 Å². The van der Waals surface area contributed by atoms with Crippen LogP contribution in [-0.2, 0) is 14.8 Å². The van der Waals surface area contributed by atoms with Crippen molar-refractivity contribution in [1.29, 1.82) is 0 Å². The molecule has 30 heavy (non-hydrogen) atoms. The molecule has 0 saturated carbocycles. The van der Waals surface area contributed by atoms with E-state index in [0.717, 1.165) is 25.7 Å². The fourth-order valence-corrected chi connectivity index (χ4v) is 6.39. The molecule has 8 heteroatoms. The molecule has 3 aromatic rings. The molecule has 152 valence electrons. The average Bonchev–Trinajstić information content (AvgIpc) is 3.09. The van der Waals surface area contributed by atoms with E-state index in [-0.39, 0.29) is 16.4 Å². The lowest BCUT2D eigenvalue weighted by Gasteiger charge is -2.10. The molecule has 0 N–H and O–H groups in total. The van der Waals surface area contributed by atoms with Gasteiger partial charge in [-0.05, 0) is 73.9 Å². The van der Waals surface area contributed by atoms with E-state index in [1.54, 1.807) is 13.0 Å². The Balaban J connectivity index is 1.67. The maximum Gasteiger partial charge on any atom is 0.283 e. The molecule has 1 aromatic heterocycles. The molecule has 1 aliphatic carbocycles. The van der Waals surface area contributed by atoms with Gasteiger partial charge in [-0.15, -0.1) is 11.3 Å². The first-order valence-electron chi connectivity index (χ1n) is 9.13. The van der Waals surface area contributed by atoms with E-state index in [9.17, 15) is 13.2 Å². The number of nitrogens with zero attached hydrogens (tertiary/aromatic N) is 2. The molecule has 0 radical (unpaired) electrons. The second-order valence-corrected chi connectivity index (χ2v) is 10.8. The number of aryl methyl sites for hydroxylation is 3. The summed E-state index contributed by atoms with van der Waals surface area (Å²) in [5, 5.41) is 0. The van der Waals surface area contributed by atoms with Gasteiger partial charge >= 0.3 is 0 Å². The van der Waals surface area contributed by atoms with Gasteiger partial charge in [-0.3, -0.25) is 4.79 Å². The van der Waals surface area contributed by atoms with Crippen LogP contribution in [0.15, 0.2) is 73.2 Å². The Morgan fingerprint density at radius 2 is 1.73 bits per heavy atom. The molecule has 0 atom stereocenters. The highest BCUT2D eigenvalue weighted by molar-refractivity contribution is 8.05. The Hall–Kier alpha value is -2.55. The van der Waals surface area contributed by atoms with E-state index >= 15 is 0 Å². The Morgan fingerprint density at radius 1 is 1.00 bits per heavy atom. The monoisotopic (exact) mass is 454 g/mol. The van der Waals surface area contributed by atoms with Crippen molar-refractivity contribution in [1.82, 2.24) is 4.98 Å². The van der Waals surface area contributed by atoms with Crippen molar-refractivity contribution in [3.05, 3.63) is 76.2 Å². The van der Waals surface area contributed by atoms with Crippen molar-refractivity contribution in [2.45, 2.75) is 30.0 Å². The first kappa shape index (κ1) is 20.7. The zero-order valence-electron chi connectivity index (χ0n) is 16.5. The number of carbonyl (C=O) groups excluding carboxylic acids is 1. The predicted molar refractivity (Wildman–Crippen MR) is 123 cm³/mol. The fourth-order valence-electron chi connectivity index (χ4n) is 3.02. The van der Waals surface area contributed by atoms with E-state index in [2.05, 4.69) is 9.38 Å². The molecule has 5 nitrogen and oxygen atoms in total. The maximum absolute atomic E-state index is 12.9. The minimum absolute atomic E-state index is 0.178. The number of fused-ring (bicyclic) bond motifs is 1. The molecule has 1 heterocycles. The van der Waals surface area contributed by atoms with Crippen LogP contribution in [0.4, 0.5) is 0 Å². The summed E-state index contributed by atoms with van der Waals surface area (Å²) in [7, 11) is -3.91. The van der Waals surface area contributed by atoms with Gasteiger partial charge in [-0.25, -0.2) is 4.98 Å². The molecule has 0 saturated heterocycles. The minimum atomic E-state index is -3.91. The number of para-hydroxylation sites is 1. The van der Waals surface area contributed by atoms with E-state index in [0.29, 0.717) is 10.5 Å². The molecule has 0 spiro atoms. The van der Waals surface area contributed by atoms with Crippen LogP contribution in [0.5, 0.6) is 0 Å². The highest BCUT2D eigenvalue weighted by atomic mass is 32.2. The van der Waals surface area contributed by atoms with Crippen LogP contribution in [0.1, 0.15) is 16.7 Å². The first-order chi connectivity index (χ1) is 14.2. The number of aromatic nitrogens is 1. The predicted octanol–water partition coefficient (Wildman–Crippen LogP) is 5.17. The Morgan fingerprint density at radius 3 is 2.50 bits per heavy atom. The van der Waals surface area contributed by atoms with Gasteiger partial charge in [-0.1, -0.05) is 30.0 Å². The van der Waals surface area contributed by atoms with Crippen molar-refractivity contribution < 1.29 is 13.2 Å². The molecule has 1 aliphatic rings. The molecule has 0 fully saturated rings. The highest BCUT2D eigenvalue weighted by Gasteiger charge is 2.21. The number of hydrogen-bond acceptors (Lipinski definition) is 6. The Kier molecular flexibility index (Phi) is 5.48. The topological polar surface area (TPSA) is 76.5 Å². The molecular formula is C22H18N2O3S3. The Labute approximate surface area is 183 Å². The fraction of sp³-hybridized carbons (Fsp3) is 0.136. The molecule has 0 bridgehead atoms. The van der Waals surface area contributed by atoms with Crippen LogP contribution >= 0.6 is 23.1 Å². The average molecular weight is 455 g/mol. The quantitative estimate of drug-likeness (QED) is 0.509. The number of thioether (sulfide) groups is 1. The van der Waals surface area contributed by atoms with E-state index in [1.807, 2.05) is 44.2 Å². The number of sulfonamides is 1. The lowest BCUT2D eigenvalue weighted by molar-refractivity contribution is -0.110. The highest BCUT2D eigenvalue weighted by Crippen LogP contribution is 2.35. The minimum Gasteiger partial charge on any atom is -0.289 e. The van der Waals surface area contributed by atoms with Crippen molar-refractivity contribution in [3.63, 3.8) is 0 Å². The van der Waals surface area contributed by atoms with Gasteiger partial charge in [0.15, 0.2) is 10.1 Å². The standard InChI is InChI=1S/C22H18N2O3S3/c1-13-10-15(3)21(11-14(13)2)30(26,27)24-16-8-9-18(25)20(12-16)29-22-23-17-6-4-5-7-19(17)28-22/h4-12H,1-3H3/b24-16+. The van der Waals surface area contributed by atoms with E-state index in [4.69, 9.17) is 0 Å². The number of carbonyl (C=O) groups is 1. The van der Waals surface area contributed by atoms with Crippen molar-refractivity contribution in [2.24, 2.45) is 4.40 Å². The summed E-state index contributed by atoms with van der Waals surface area (Å²) in [5.74, 6) is -0.196. The molecular weight excluding hydrogens is 436 g/mol. The Bertz CT molecular complexity index is 1350. The summed E-state index contributed by atoms with van der Waals surface area (Å²) in [6.45, 7) is 5.56. The molecule has 0 aliphatic heterocycles. The van der Waals surface area contributed by atoms with Crippen molar-refractivity contribution in [3.8, 4) is 0 Å². The molecule has 2 aromatic carbocycles. The van der Waals surface area contributed by atoms with Crippen LogP contribution in [0.2, 0.25) is 0 Å². The maximum atomic E-state index is 12.9. The summed E-state index contributed by atoms with van der Waals surface area (Å²) in [6, 6.07) is 11.2. The summed E-state index contributed by atoms with van der Waals surface area (Å²) in [6.07, 6.45) is 4.28. The second-order valence-electron chi connectivity index (χ2n) is 6.95. The summed E-state index contributed by atoms with van der Waals surface area (Å²) < 4.78 is 31.5. The lowest BCUT2D eigenvalue weighted by Crippen LogP contribution is -2.09. The van der Waals surface area contributed by atoms with Gasteiger partial charge in [0.1, 0.15) is 0 Å². The number of allylic oxidation sites excluding steroid dienone is 4. The summed E-state index contributed by atoms with van der Waals surface area (Å²) in [5.41, 5.74) is 3.64. The van der Waals surface area contributed by atoms with Gasteiger partial charge in [0, 0.05) is 0 Å². The van der Waals surface area contributed by atoms with Gasteiger partial charge in [0.25, 0.3) is 10.0 Å². The molecule has 0 amide bonds. The second kappa shape index (κ2) is 7.94. The van der Waals surface area contributed by atoms with Gasteiger partial charge in [0.05, 0.1) is 25.7 Å². The summed E-state index contributed by atoms with van der Waals surface area (Å²) in [4.78, 5) is 17.4. The van der Waals surface area contributed by atoms with E-state index in [1.165, 1.54) is 41.3 Å². The number of rotatable bonds is 4.